The van der Waals surface area contributed by atoms with E-state index in [1.54, 1.807) is 6.92 Å². The number of hydrogen-bond donors (Lipinski definition) is 0. The Morgan fingerprint density at radius 3 is 2.73 bits per heavy atom. The minimum absolute atomic E-state index is 0.144. The molecule has 11 heavy (non-hydrogen) atoms. The van der Waals surface area contributed by atoms with Crippen molar-refractivity contribution in [2.24, 2.45) is 17.8 Å². The van der Waals surface area contributed by atoms with Crippen LogP contribution in [0.15, 0.2) is 24.3 Å². The molecule has 3 atom stereocenters. The van der Waals surface area contributed by atoms with Crippen molar-refractivity contribution >= 4 is 5.78 Å². The molecule has 1 fully saturated rings. The van der Waals surface area contributed by atoms with Gasteiger partial charge in [-0.15, -0.1) is 0 Å². The molecule has 0 heterocycles. The molecule has 2 rings (SSSR count). The second-order valence-corrected chi connectivity index (χ2v) is 3.55. The van der Waals surface area contributed by atoms with Crippen LogP contribution in [0.1, 0.15) is 13.3 Å². The molecule has 0 N–H and O–H groups in total. The van der Waals surface area contributed by atoms with Crippen molar-refractivity contribution in [2.75, 3.05) is 0 Å². The lowest BCUT2D eigenvalue weighted by atomic mass is 9.87. The van der Waals surface area contributed by atoms with Gasteiger partial charge in [0.15, 0.2) is 0 Å². The van der Waals surface area contributed by atoms with Gasteiger partial charge in [-0.25, -0.2) is 0 Å². The lowest BCUT2D eigenvalue weighted by Gasteiger charge is -2.16. The third-order valence-electron chi connectivity index (χ3n) is 2.86. The molecule has 0 amide bonds. The molecule has 3 unspecified atom stereocenters. The highest BCUT2D eigenvalue weighted by atomic mass is 16.1. The van der Waals surface area contributed by atoms with Gasteiger partial charge in [0.05, 0.1) is 0 Å². The van der Waals surface area contributed by atoms with Gasteiger partial charge < -0.3 is 0 Å². The van der Waals surface area contributed by atoms with Gasteiger partial charge in [0.1, 0.15) is 5.78 Å². The molecular weight excluding hydrogens is 136 g/mol. The second kappa shape index (κ2) is 2.07. The van der Waals surface area contributed by atoms with E-state index in [4.69, 9.17) is 0 Å². The van der Waals surface area contributed by atoms with Crippen molar-refractivity contribution in [1.29, 1.82) is 0 Å². The highest BCUT2D eigenvalue weighted by molar-refractivity contribution is 5.83. The number of rotatable bonds is 1. The van der Waals surface area contributed by atoms with Crippen LogP contribution in [0.4, 0.5) is 0 Å². The van der Waals surface area contributed by atoms with Crippen molar-refractivity contribution in [3.05, 3.63) is 24.3 Å². The summed E-state index contributed by atoms with van der Waals surface area (Å²) >= 11 is 0. The first-order valence-corrected chi connectivity index (χ1v) is 4.07. The van der Waals surface area contributed by atoms with Crippen LogP contribution in [-0.4, -0.2) is 5.78 Å². The first-order chi connectivity index (χ1) is 5.20. The molecule has 2 aliphatic rings. The summed E-state index contributed by atoms with van der Waals surface area (Å²) < 4.78 is 0. The average Bonchev–Trinajstić information content (AvgIpc) is 2.44. The lowest BCUT2D eigenvalue weighted by molar-refractivity contribution is -0.120. The smallest absolute Gasteiger partial charge is 0.137 e. The Balaban J connectivity index is 2.32. The maximum absolute atomic E-state index is 11.2. The van der Waals surface area contributed by atoms with Crippen LogP contribution in [0.25, 0.3) is 0 Å². The standard InChI is InChI=1S/C10H12O/c1-6-8-3-4-9(5-8)10(6)7(2)11/h3-4,8-10H,1,5H2,2H3. The van der Waals surface area contributed by atoms with E-state index in [1.807, 2.05) is 0 Å². The van der Waals surface area contributed by atoms with Crippen molar-refractivity contribution < 1.29 is 4.79 Å². The summed E-state index contributed by atoms with van der Waals surface area (Å²) in [5.74, 6) is 1.41. The summed E-state index contributed by atoms with van der Waals surface area (Å²) in [6.07, 6.45) is 5.49. The maximum atomic E-state index is 11.2. The Morgan fingerprint density at radius 2 is 2.36 bits per heavy atom. The van der Waals surface area contributed by atoms with Crippen molar-refractivity contribution in [3.8, 4) is 0 Å². The van der Waals surface area contributed by atoms with Gasteiger partial charge in [0.2, 0.25) is 0 Å². The monoisotopic (exact) mass is 148 g/mol. The number of fused-ring (bicyclic) bond motifs is 2. The molecule has 1 saturated carbocycles. The van der Waals surface area contributed by atoms with Crippen molar-refractivity contribution in [2.45, 2.75) is 13.3 Å². The van der Waals surface area contributed by atoms with Gasteiger partial charge in [-0.3, -0.25) is 4.79 Å². The SMILES string of the molecule is C=C1C2C=CC(C2)C1C(C)=O. The molecule has 0 aliphatic heterocycles. The Labute approximate surface area is 66.8 Å². The van der Waals surface area contributed by atoms with Crippen LogP contribution in [0.5, 0.6) is 0 Å². The fraction of sp³-hybridized carbons (Fsp3) is 0.500. The third kappa shape index (κ3) is 0.802. The van der Waals surface area contributed by atoms with Crippen LogP contribution in [-0.2, 0) is 4.79 Å². The fourth-order valence-corrected chi connectivity index (χ4v) is 2.32. The first kappa shape index (κ1) is 6.84. The van der Waals surface area contributed by atoms with Crippen LogP contribution in [0.3, 0.4) is 0 Å². The molecule has 0 aromatic carbocycles. The number of carbonyl (C=O) groups is 1. The van der Waals surface area contributed by atoms with Crippen molar-refractivity contribution in [1.82, 2.24) is 0 Å². The summed E-state index contributed by atoms with van der Waals surface area (Å²) in [6.45, 7) is 5.64. The van der Waals surface area contributed by atoms with Gasteiger partial charge in [-0.2, -0.15) is 0 Å². The second-order valence-electron chi connectivity index (χ2n) is 3.55. The molecule has 0 aromatic rings. The topological polar surface area (TPSA) is 17.1 Å². The van der Waals surface area contributed by atoms with E-state index >= 15 is 0 Å². The minimum Gasteiger partial charge on any atom is -0.299 e. The molecule has 2 bridgehead atoms. The summed E-state index contributed by atoms with van der Waals surface area (Å²) in [4.78, 5) is 11.2. The zero-order chi connectivity index (χ0) is 8.01. The van der Waals surface area contributed by atoms with E-state index in [9.17, 15) is 4.79 Å². The van der Waals surface area contributed by atoms with E-state index in [1.165, 1.54) is 0 Å². The van der Waals surface area contributed by atoms with E-state index in [0.717, 1.165) is 12.0 Å². The molecule has 58 valence electrons. The average molecular weight is 148 g/mol. The summed E-state index contributed by atoms with van der Waals surface area (Å²) in [7, 11) is 0. The molecule has 0 spiro atoms. The molecule has 0 saturated heterocycles. The lowest BCUT2D eigenvalue weighted by Crippen LogP contribution is -2.17. The first-order valence-electron chi connectivity index (χ1n) is 4.07. The van der Waals surface area contributed by atoms with E-state index in [0.29, 0.717) is 11.8 Å². The van der Waals surface area contributed by atoms with E-state index in [2.05, 4.69) is 18.7 Å². The third-order valence-corrected chi connectivity index (χ3v) is 2.86. The Morgan fingerprint density at radius 1 is 1.64 bits per heavy atom. The predicted molar refractivity (Wildman–Crippen MR) is 44.0 cm³/mol. The summed E-state index contributed by atoms with van der Waals surface area (Å²) in [6, 6.07) is 0. The van der Waals surface area contributed by atoms with E-state index in [-0.39, 0.29) is 11.7 Å². The quantitative estimate of drug-likeness (QED) is 0.519. The number of ketones is 1. The Bertz CT molecular complexity index is 250. The van der Waals surface area contributed by atoms with Gasteiger partial charge in [-0.05, 0) is 25.2 Å². The number of Topliss-reactive ketones (excluding diaryl/α,β-unsaturated/α-hetero) is 1. The van der Waals surface area contributed by atoms with Crippen LogP contribution < -0.4 is 0 Å². The molecule has 0 aromatic heterocycles. The highest BCUT2D eigenvalue weighted by Crippen LogP contribution is 2.46. The molecule has 0 radical (unpaired) electrons. The van der Waals surface area contributed by atoms with Crippen LogP contribution in [0.2, 0.25) is 0 Å². The Kier molecular flexibility index (Phi) is 1.28. The highest BCUT2D eigenvalue weighted by Gasteiger charge is 2.40. The molecule has 2 aliphatic carbocycles. The minimum atomic E-state index is 0.144. The van der Waals surface area contributed by atoms with Gasteiger partial charge in [-0.1, -0.05) is 24.3 Å². The largest absolute Gasteiger partial charge is 0.299 e. The predicted octanol–water partition coefficient (Wildman–Crippen LogP) is 1.95. The number of carbonyl (C=O) groups excluding carboxylic acids is 1. The van der Waals surface area contributed by atoms with Crippen LogP contribution in [0, 0.1) is 17.8 Å². The number of hydrogen-bond acceptors (Lipinski definition) is 1. The van der Waals surface area contributed by atoms with Gasteiger partial charge in [0, 0.05) is 5.92 Å². The zero-order valence-electron chi connectivity index (χ0n) is 6.71. The molecule has 1 nitrogen and oxygen atoms in total. The zero-order valence-corrected chi connectivity index (χ0v) is 6.71. The Hall–Kier alpha value is -0.850. The molecular formula is C10H12O. The fourth-order valence-electron chi connectivity index (χ4n) is 2.32. The maximum Gasteiger partial charge on any atom is 0.137 e. The molecule has 1 heteroatoms. The van der Waals surface area contributed by atoms with E-state index < -0.39 is 0 Å². The van der Waals surface area contributed by atoms with Gasteiger partial charge >= 0.3 is 0 Å². The summed E-state index contributed by atoms with van der Waals surface area (Å²) in [5.41, 5.74) is 1.14. The number of allylic oxidation sites excluding steroid dienone is 3. The van der Waals surface area contributed by atoms with Crippen molar-refractivity contribution in [3.63, 3.8) is 0 Å². The summed E-state index contributed by atoms with van der Waals surface area (Å²) in [5, 5.41) is 0. The normalized spacial score (nSPS) is 40.1. The van der Waals surface area contributed by atoms with Crippen LogP contribution >= 0.6 is 0 Å². The van der Waals surface area contributed by atoms with Gasteiger partial charge in [0.25, 0.3) is 0 Å².